The monoisotopic (exact) mass is 389 g/mol. The minimum Gasteiger partial charge on any atom is -0.460 e. The SMILES string of the molecule is CC(C)(C)OC(=O)[C@]1(Cc2cccc(/N=c3/[nH]ccs3)n2)CC[C@H](O)CC1. The van der Waals surface area contributed by atoms with E-state index in [1.807, 2.05) is 50.5 Å². The van der Waals surface area contributed by atoms with Gasteiger partial charge in [-0.3, -0.25) is 4.79 Å². The van der Waals surface area contributed by atoms with Gasteiger partial charge in [0.1, 0.15) is 5.60 Å². The lowest BCUT2D eigenvalue weighted by Gasteiger charge is -2.38. The third kappa shape index (κ3) is 5.26. The summed E-state index contributed by atoms with van der Waals surface area (Å²) in [4.78, 5) is 26.0. The lowest BCUT2D eigenvalue weighted by atomic mass is 9.70. The van der Waals surface area contributed by atoms with Crippen molar-refractivity contribution in [1.29, 1.82) is 0 Å². The van der Waals surface area contributed by atoms with Crippen LogP contribution in [0.1, 0.15) is 52.1 Å². The van der Waals surface area contributed by atoms with Crippen LogP contribution in [-0.4, -0.2) is 32.7 Å². The number of nitrogens with one attached hydrogen (secondary N) is 1. The summed E-state index contributed by atoms with van der Waals surface area (Å²) in [5.41, 5.74) is -0.373. The van der Waals surface area contributed by atoms with Crippen molar-refractivity contribution in [3.05, 3.63) is 40.3 Å². The number of nitrogens with zero attached hydrogens (tertiary/aromatic N) is 2. The smallest absolute Gasteiger partial charge is 0.312 e. The third-order valence-corrected chi connectivity index (χ3v) is 5.43. The fourth-order valence-electron chi connectivity index (χ4n) is 3.37. The number of H-pyrrole nitrogens is 1. The molecule has 6 nitrogen and oxygen atoms in total. The highest BCUT2D eigenvalue weighted by atomic mass is 32.1. The number of thiazole rings is 1. The number of aromatic amines is 1. The maximum atomic E-state index is 13.0. The van der Waals surface area contributed by atoms with Gasteiger partial charge in [0.25, 0.3) is 0 Å². The molecule has 146 valence electrons. The molecule has 0 unspecified atom stereocenters. The maximum Gasteiger partial charge on any atom is 0.312 e. The molecule has 0 radical (unpaired) electrons. The van der Waals surface area contributed by atoms with E-state index in [-0.39, 0.29) is 12.1 Å². The van der Waals surface area contributed by atoms with E-state index in [0.29, 0.717) is 37.9 Å². The van der Waals surface area contributed by atoms with Crippen molar-refractivity contribution >= 4 is 23.1 Å². The molecule has 0 aliphatic heterocycles. The van der Waals surface area contributed by atoms with Crippen molar-refractivity contribution in [2.24, 2.45) is 10.4 Å². The Morgan fingerprint density at radius 2 is 2.15 bits per heavy atom. The van der Waals surface area contributed by atoms with Crippen LogP contribution in [0.15, 0.2) is 34.8 Å². The van der Waals surface area contributed by atoms with Crippen molar-refractivity contribution in [2.45, 2.75) is 64.6 Å². The molecule has 7 heteroatoms. The highest BCUT2D eigenvalue weighted by molar-refractivity contribution is 7.07. The average molecular weight is 390 g/mol. The number of esters is 1. The standard InChI is InChI=1S/C20H27N3O3S/c1-19(2,3)26-17(25)20(9-7-15(24)8-10-20)13-14-5-4-6-16(22-14)23-18-21-11-12-27-18/h4-6,11-12,15,24H,7-10,13H2,1-3H3,(H,21,22,23)/t15-,20+. The van der Waals surface area contributed by atoms with E-state index in [0.717, 1.165) is 10.5 Å². The van der Waals surface area contributed by atoms with Crippen molar-refractivity contribution in [1.82, 2.24) is 9.97 Å². The van der Waals surface area contributed by atoms with E-state index in [1.54, 1.807) is 0 Å². The molecule has 2 N–H and O–H groups in total. The largest absolute Gasteiger partial charge is 0.460 e. The summed E-state index contributed by atoms with van der Waals surface area (Å²) in [6.07, 6.45) is 4.39. The van der Waals surface area contributed by atoms with Gasteiger partial charge in [0.2, 0.25) is 0 Å². The maximum absolute atomic E-state index is 13.0. The summed E-state index contributed by atoms with van der Waals surface area (Å²) in [6.45, 7) is 5.64. The molecule has 0 amide bonds. The van der Waals surface area contributed by atoms with Gasteiger partial charge in [0, 0.05) is 23.7 Å². The molecule has 1 saturated carbocycles. The Bertz CT molecular complexity index is 826. The molecule has 1 fully saturated rings. The van der Waals surface area contributed by atoms with Gasteiger partial charge in [-0.2, -0.15) is 0 Å². The molecule has 27 heavy (non-hydrogen) atoms. The molecule has 2 heterocycles. The van der Waals surface area contributed by atoms with Crippen LogP contribution in [0.3, 0.4) is 0 Å². The zero-order valence-corrected chi connectivity index (χ0v) is 16.9. The molecule has 3 rings (SSSR count). The second kappa shape index (κ2) is 7.94. The number of ether oxygens (including phenoxy) is 1. The Morgan fingerprint density at radius 1 is 1.41 bits per heavy atom. The normalized spacial score (nSPS) is 24.0. The van der Waals surface area contributed by atoms with E-state index < -0.39 is 11.0 Å². The Morgan fingerprint density at radius 3 is 2.78 bits per heavy atom. The molecule has 0 bridgehead atoms. The number of aromatic nitrogens is 2. The van der Waals surface area contributed by atoms with Crippen molar-refractivity contribution in [2.75, 3.05) is 0 Å². The first kappa shape index (κ1) is 19.8. The van der Waals surface area contributed by atoms with Gasteiger partial charge in [-0.25, -0.2) is 9.98 Å². The van der Waals surface area contributed by atoms with Gasteiger partial charge in [0.15, 0.2) is 10.6 Å². The molecule has 0 aromatic carbocycles. The number of carbonyl (C=O) groups is 1. The number of aliphatic hydroxyl groups excluding tert-OH is 1. The van der Waals surface area contributed by atoms with Gasteiger partial charge in [-0.05, 0) is 58.6 Å². The highest BCUT2D eigenvalue weighted by Gasteiger charge is 2.44. The zero-order valence-electron chi connectivity index (χ0n) is 16.1. The minimum atomic E-state index is -0.646. The van der Waals surface area contributed by atoms with E-state index in [4.69, 9.17) is 4.74 Å². The van der Waals surface area contributed by atoms with Gasteiger partial charge in [-0.1, -0.05) is 6.07 Å². The predicted octanol–water partition coefficient (Wildman–Crippen LogP) is 3.51. The van der Waals surface area contributed by atoms with Gasteiger partial charge in [-0.15, -0.1) is 11.3 Å². The molecule has 1 aliphatic rings. The van der Waals surface area contributed by atoms with Crippen LogP contribution in [-0.2, 0) is 16.0 Å². The second-order valence-electron chi connectivity index (χ2n) is 8.16. The molecule has 1 aliphatic carbocycles. The van der Waals surface area contributed by atoms with Crippen LogP contribution in [0.5, 0.6) is 0 Å². The van der Waals surface area contributed by atoms with E-state index in [9.17, 15) is 9.90 Å². The molecule has 0 saturated heterocycles. The first-order chi connectivity index (χ1) is 12.8. The van der Waals surface area contributed by atoms with Crippen molar-refractivity contribution in [3.8, 4) is 0 Å². The lowest BCUT2D eigenvalue weighted by molar-refractivity contribution is -0.171. The van der Waals surface area contributed by atoms with Crippen molar-refractivity contribution < 1.29 is 14.6 Å². The Hall–Kier alpha value is -1.99. The first-order valence-electron chi connectivity index (χ1n) is 9.30. The van der Waals surface area contributed by atoms with Gasteiger partial charge < -0.3 is 14.8 Å². The second-order valence-corrected chi connectivity index (χ2v) is 9.05. The number of hydrogen-bond donors (Lipinski definition) is 2. The number of rotatable bonds is 4. The number of hydrogen-bond acceptors (Lipinski definition) is 6. The van der Waals surface area contributed by atoms with E-state index >= 15 is 0 Å². The van der Waals surface area contributed by atoms with Crippen LogP contribution < -0.4 is 4.80 Å². The Balaban J connectivity index is 1.86. The summed E-state index contributed by atoms with van der Waals surface area (Å²) in [5.74, 6) is 0.416. The zero-order chi connectivity index (χ0) is 19.5. The third-order valence-electron chi connectivity index (χ3n) is 4.73. The minimum absolute atomic E-state index is 0.197. The van der Waals surface area contributed by atoms with Gasteiger partial charge >= 0.3 is 5.97 Å². The quantitative estimate of drug-likeness (QED) is 0.784. The van der Waals surface area contributed by atoms with Crippen LogP contribution in [0.4, 0.5) is 5.82 Å². The summed E-state index contributed by atoms with van der Waals surface area (Å²) in [6, 6.07) is 5.69. The molecule has 0 spiro atoms. The number of pyridine rings is 1. The van der Waals surface area contributed by atoms with Crippen LogP contribution >= 0.6 is 11.3 Å². The topological polar surface area (TPSA) is 87.6 Å². The molecular weight excluding hydrogens is 362 g/mol. The van der Waals surface area contributed by atoms with Crippen LogP contribution in [0.25, 0.3) is 0 Å². The Labute approximate surface area is 163 Å². The number of aliphatic hydroxyl groups is 1. The molecular formula is C20H27N3O3S. The predicted molar refractivity (Wildman–Crippen MR) is 105 cm³/mol. The fourth-order valence-corrected chi connectivity index (χ4v) is 3.92. The summed E-state index contributed by atoms with van der Waals surface area (Å²) in [7, 11) is 0. The van der Waals surface area contributed by atoms with Crippen molar-refractivity contribution in [3.63, 3.8) is 0 Å². The fraction of sp³-hybridized carbons (Fsp3) is 0.550. The van der Waals surface area contributed by atoms with E-state index in [1.165, 1.54) is 11.3 Å². The summed E-state index contributed by atoms with van der Waals surface area (Å²) >= 11 is 1.51. The van der Waals surface area contributed by atoms with Gasteiger partial charge in [0.05, 0.1) is 11.5 Å². The Kier molecular flexibility index (Phi) is 5.81. The average Bonchev–Trinajstić information content (AvgIpc) is 3.09. The molecule has 2 aromatic rings. The summed E-state index contributed by atoms with van der Waals surface area (Å²) in [5, 5.41) is 11.8. The first-order valence-corrected chi connectivity index (χ1v) is 10.2. The molecule has 2 aromatic heterocycles. The van der Waals surface area contributed by atoms with E-state index in [2.05, 4.69) is 15.0 Å². The summed E-state index contributed by atoms with van der Waals surface area (Å²) < 4.78 is 5.73. The molecule has 0 atom stereocenters. The van der Waals surface area contributed by atoms with Crippen LogP contribution in [0, 0.1) is 5.41 Å². The number of carbonyl (C=O) groups excluding carboxylic acids is 1. The van der Waals surface area contributed by atoms with Crippen LogP contribution in [0.2, 0.25) is 0 Å². The lowest BCUT2D eigenvalue weighted by Crippen LogP contribution is -2.43. The highest BCUT2D eigenvalue weighted by Crippen LogP contribution is 2.41.